The maximum absolute atomic E-state index is 12.9. The van der Waals surface area contributed by atoms with Crippen LogP contribution in [0.25, 0.3) is 16.0 Å². The second kappa shape index (κ2) is 11.6. The molecule has 216 valence electrons. The molecular formula is C29H31N9O3S. The number of carbonyl (C=O) groups excluding carboxylic acids is 1. The minimum atomic E-state index is -0.579. The van der Waals surface area contributed by atoms with Gasteiger partial charge in [0.05, 0.1) is 34.9 Å². The van der Waals surface area contributed by atoms with Crippen molar-refractivity contribution >= 4 is 44.8 Å². The van der Waals surface area contributed by atoms with Gasteiger partial charge in [-0.05, 0) is 62.3 Å². The van der Waals surface area contributed by atoms with Crippen LogP contribution in [0.1, 0.15) is 28.3 Å². The summed E-state index contributed by atoms with van der Waals surface area (Å²) in [6.45, 7) is 4.61. The van der Waals surface area contributed by atoms with Crippen molar-refractivity contribution in [1.82, 2.24) is 29.2 Å². The van der Waals surface area contributed by atoms with Crippen LogP contribution in [0.2, 0.25) is 0 Å². The summed E-state index contributed by atoms with van der Waals surface area (Å²) in [7, 11) is 1.99. The summed E-state index contributed by atoms with van der Waals surface area (Å²) in [5.41, 5.74) is 13.8. The fraction of sp³-hybridized carbons (Fsp3) is 0.276. The summed E-state index contributed by atoms with van der Waals surface area (Å²) < 4.78 is 9.26. The molecule has 2 aliphatic heterocycles. The highest BCUT2D eigenvalue weighted by atomic mass is 32.1. The molecule has 2 aromatic carbocycles. The Morgan fingerprint density at radius 1 is 1.05 bits per heavy atom. The number of benzene rings is 2. The average molecular weight is 586 g/mol. The quantitative estimate of drug-likeness (QED) is 0.317. The van der Waals surface area contributed by atoms with Gasteiger partial charge in [-0.1, -0.05) is 18.2 Å². The third-order valence-corrected chi connectivity index (χ3v) is 8.35. The topological polar surface area (TPSA) is 150 Å². The number of hydrogen-bond acceptors (Lipinski definition) is 10. The van der Waals surface area contributed by atoms with Gasteiger partial charge in [0.1, 0.15) is 29.3 Å². The van der Waals surface area contributed by atoms with E-state index in [1.807, 2.05) is 54.1 Å². The van der Waals surface area contributed by atoms with Crippen molar-refractivity contribution < 1.29 is 9.53 Å². The lowest BCUT2D eigenvalue weighted by molar-refractivity contribution is 0.100. The average Bonchev–Trinajstić information content (AvgIpc) is 3.76. The molecule has 2 aliphatic rings. The minimum Gasteiger partial charge on any atom is -0.490 e. The molecule has 1 saturated heterocycles. The van der Waals surface area contributed by atoms with Gasteiger partial charge < -0.3 is 25.7 Å². The fourth-order valence-corrected chi connectivity index (χ4v) is 6.06. The van der Waals surface area contributed by atoms with Crippen molar-refractivity contribution in [3.63, 3.8) is 0 Å². The number of likely N-dealkylation sites (tertiary alicyclic amines) is 1. The molecule has 4 N–H and O–H groups in total. The number of nitrogens with zero attached hydrogens (tertiary/aromatic N) is 7. The van der Waals surface area contributed by atoms with Gasteiger partial charge >= 0.3 is 0 Å². The van der Waals surface area contributed by atoms with Crippen molar-refractivity contribution in [3.8, 4) is 11.4 Å². The van der Waals surface area contributed by atoms with E-state index in [1.165, 1.54) is 30.5 Å². The molecule has 0 aliphatic carbocycles. The molecule has 1 fully saturated rings. The zero-order chi connectivity index (χ0) is 29.2. The lowest BCUT2D eigenvalue weighted by Gasteiger charge is -2.31. The van der Waals surface area contributed by atoms with E-state index in [2.05, 4.69) is 25.0 Å². The van der Waals surface area contributed by atoms with Crippen LogP contribution in [0.3, 0.4) is 0 Å². The number of ether oxygens (including phenoxy) is 1. The summed E-state index contributed by atoms with van der Waals surface area (Å²) >= 11 is 1.10. The molecule has 0 spiro atoms. The zero-order valence-corrected chi connectivity index (χ0v) is 24.0. The Labute approximate surface area is 245 Å². The molecular weight excluding hydrogens is 554 g/mol. The van der Waals surface area contributed by atoms with Crippen molar-refractivity contribution in [2.24, 2.45) is 12.8 Å². The van der Waals surface area contributed by atoms with E-state index in [9.17, 15) is 9.59 Å². The number of hydrogen-bond donors (Lipinski definition) is 2. The molecule has 7 rings (SSSR count). The number of thiophene rings is 1. The van der Waals surface area contributed by atoms with E-state index < -0.39 is 11.5 Å². The van der Waals surface area contributed by atoms with Gasteiger partial charge in [0.2, 0.25) is 0 Å². The SMILES string of the molecule is Cn1cnnc1CN1CCCC1.NC(=O)c1cc2c(nc(N)c(=O)n2-c2ccc3c(c2)N(c2ccccc2)CCO3)s1. The molecule has 0 unspecified atom stereocenters. The fourth-order valence-electron chi connectivity index (χ4n) is 5.18. The van der Waals surface area contributed by atoms with E-state index in [0.717, 1.165) is 40.8 Å². The van der Waals surface area contributed by atoms with Gasteiger partial charge in [0, 0.05) is 12.7 Å². The zero-order valence-electron chi connectivity index (χ0n) is 23.1. The molecule has 0 bridgehead atoms. The number of primary amides is 1. The molecule has 3 aromatic heterocycles. The second-order valence-corrected chi connectivity index (χ2v) is 11.2. The molecule has 5 aromatic rings. The molecule has 42 heavy (non-hydrogen) atoms. The van der Waals surface area contributed by atoms with E-state index in [0.29, 0.717) is 34.1 Å². The van der Waals surface area contributed by atoms with E-state index in [4.69, 9.17) is 16.2 Å². The van der Waals surface area contributed by atoms with Crippen LogP contribution in [0.15, 0.2) is 65.7 Å². The van der Waals surface area contributed by atoms with Gasteiger partial charge in [-0.15, -0.1) is 21.5 Å². The number of anilines is 3. The Balaban J connectivity index is 0.000000219. The number of carbonyl (C=O) groups is 1. The molecule has 5 heterocycles. The van der Waals surface area contributed by atoms with Gasteiger partial charge in [-0.3, -0.25) is 19.1 Å². The number of para-hydroxylation sites is 1. The smallest absolute Gasteiger partial charge is 0.298 e. The Morgan fingerprint density at radius 3 is 2.55 bits per heavy atom. The van der Waals surface area contributed by atoms with E-state index >= 15 is 0 Å². The maximum atomic E-state index is 12.9. The summed E-state index contributed by atoms with van der Waals surface area (Å²) in [5, 5.41) is 7.90. The summed E-state index contributed by atoms with van der Waals surface area (Å²) in [6.07, 6.45) is 4.42. The first kappa shape index (κ1) is 27.4. The molecule has 13 heteroatoms. The molecule has 12 nitrogen and oxygen atoms in total. The van der Waals surface area contributed by atoms with Gasteiger partial charge in [-0.2, -0.15) is 0 Å². The van der Waals surface area contributed by atoms with Crippen LogP contribution in [0, 0.1) is 0 Å². The number of nitrogen functional groups attached to an aromatic ring is 1. The Bertz CT molecular complexity index is 1790. The van der Waals surface area contributed by atoms with Crippen LogP contribution in [0.5, 0.6) is 5.75 Å². The largest absolute Gasteiger partial charge is 0.490 e. The summed E-state index contributed by atoms with van der Waals surface area (Å²) in [4.78, 5) is 34.0. The van der Waals surface area contributed by atoms with Gasteiger partial charge in [0.25, 0.3) is 11.5 Å². The molecule has 0 atom stereocenters. The summed E-state index contributed by atoms with van der Waals surface area (Å²) in [5.74, 6) is 1.07. The van der Waals surface area contributed by atoms with Crippen molar-refractivity contribution in [2.45, 2.75) is 19.4 Å². The first-order valence-electron chi connectivity index (χ1n) is 13.7. The van der Waals surface area contributed by atoms with E-state index in [-0.39, 0.29) is 5.82 Å². The van der Waals surface area contributed by atoms with Crippen molar-refractivity contribution in [2.75, 3.05) is 36.9 Å². The monoisotopic (exact) mass is 585 g/mol. The number of aromatic nitrogens is 5. The maximum Gasteiger partial charge on any atom is 0.298 e. The second-order valence-electron chi connectivity index (χ2n) is 10.1. The lowest BCUT2D eigenvalue weighted by atomic mass is 10.1. The number of fused-ring (bicyclic) bond motifs is 2. The Morgan fingerprint density at radius 2 is 1.83 bits per heavy atom. The van der Waals surface area contributed by atoms with Crippen molar-refractivity contribution in [3.05, 3.63) is 82.0 Å². The highest BCUT2D eigenvalue weighted by Crippen LogP contribution is 2.38. The Hall–Kier alpha value is -4.75. The third-order valence-electron chi connectivity index (χ3n) is 7.32. The highest BCUT2D eigenvalue weighted by molar-refractivity contribution is 7.20. The van der Waals surface area contributed by atoms with Crippen LogP contribution in [-0.4, -0.2) is 61.4 Å². The predicted molar refractivity (Wildman–Crippen MR) is 163 cm³/mol. The molecule has 0 saturated carbocycles. The number of rotatable bonds is 5. The first-order chi connectivity index (χ1) is 20.4. The highest BCUT2D eigenvalue weighted by Gasteiger charge is 2.22. The number of nitrogens with two attached hydrogens (primary N) is 2. The third kappa shape index (κ3) is 5.43. The molecule has 0 radical (unpaired) electrons. The van der Waals surface area contributed by atoms with Gasteiger partial charge in [-0.25, -0.2) is 4.98 Å². The summed E-state index contributed by atoms with van der Waals surface area (Å²) in [6, 6.07) is 17.0. The van der Waals surface area contributed by atoms with Gasteiger partial charge in [0.15, 0.2) is 5.82 Å². The standard InChI is InChI=1S/C21H17N5O3S.C8H14N4/c22-18-21(28)26(15-11-17(19(23)27)30-20(15)24-18)13-6-7-16-14(10-13)25(8-9-29-16)12-4-2-1-3-5-12;1-11-7-9-10-8(11)6-12-4-2-3-5-12/h1-7,10-11H,8-9H2,(H2,22,24)(H2,23,27);7H,2-6H2,1H3. The number of aryl methyl sites for hydroxylation is 1. The molecule has 1 amide bonds. The first-order valence-corrected chi connectivity index (χ1v) is 14.5. The minimum absolute atomic E-state index is 0.144. The van der Waals surface area contributed by atoms with Crippen LogP contribution in [0.4, 0.5) is 17.2 Å². The van der Waals surface area contributed by atoms with Crippen LogP contribution >= 0.6 is 11.3 Å². The van der Waals surface area contributed by atoms with Crippen molar-refractivity contribution in [1.29, 1.82) is 0 Å². The normalized spacial score (nSPS) is 14.7. The number of amides is 1. The van der Waals surface area contributed by atoms with E-state index in [1.54, 1.807) is 18.5 Å². The predicted octanol–water partition coefficient (Wildman–Crippen LogP) is 3.07. The van der Waals surface area contributed by atoms with Crippen LogP contribution in [-0.2, 0) is 13.6 Å². The Kier molecular flexibility index (Phi) is 7.59. The van der Waals surface area contributed by atoms with Crippen LogP contribution < -0.4 is 26.7 Å². The lowest BCUT2D eigenvalue weighted by Crippen LogP contribution is -2.29.